The molecule has 1 aromatic heterocycles. The Balaban J connectivity index is 1.50. The summed E-state index contributed by atoms with van der Waals surface area (Å²) in [4.78, 5) is 26.5. The van der Waals surface area contributed by atoms with E-state index in [4.69, 9.17) is 4.98 Å². The highest BCUT2D eigenvalue weighted by Crippen LogP contribution is 2.36. The minimum Gasteiger partial charge on any atom is -0.331 e. The van der Waals surface area contributed by atoms with Crippen molar-refractivity contribution in [2.75, 3.05) is 33.2 Å². The van der Waals surface area contributed by atoms with Crippen molar-refractivity contribution in [1.29, 1.82) is 0 Å². The van der Waals surface area contributed by atoms with Crippen molar-refractivity contribution in [2.24, 2.45) is 0 Å². The first-order chi connectivity index (χ1) is 18.6. The Morgan fingerprint density at radius 3 is 2.42 bits per heavy atom. The number of nitrogens with zero attached hydrogens (tertiary/aromatic N) is 4. The number of pyridine rings is 1. The smallest absolute Gasteiger partial charge is 0.255 e. The lowest BCUT2D eigenvalue weighted by Gasteiger charge is -2.34. The summed E-state index contributed by atoms with van der Waals surface area (Å²) in [6, 6.07) is 24.9. The molecule has 0 radical (unpaired) electrons. The maximum Gasteiger partial charge on any atom is 0.255 e. The highest BCUT2D eigenvalue weighted by molar-refractivity contribution is 6.09. The molecule has 2 aliphatic rings. The van der Waals surface area contributed by atoms with Crippen LogP contribution in [0.2, 0.25) is 0 Å². The van der Waals surface area contributed by atoms with Gasteiger partial charge in [0.2, 0.25) is 0 Å². The molecular weight excluding hydrogens is 475 g/mol. The molecule has 0 spiro atoms. The Hall–Kier alpha value is -3.61. The van der Waals surface area contributed by atoms with Crippen molar-refractivity contribution < 1.29 is 9.18 Å². The molecule has 1 aliphatic heterocycles. The fraction of sp³-hybridized carbons (Fsp3) is 0.312. The van der Waals surface area contributed by atoms with Crippen LogP contribution in [0, 0.1) is 5.82 Å². The number of hydrogen-bond donors (Lipinski definition) is 0. The van der Waals surface area contributed by atoms with Crippen LogP contribution in [0.5, 0.6) is 0 Å². The maximum atomic E-state index is 14.6. The zero-order chi connectivity index (χ0) is 26.1. The first-order valence-electron chi connectivity index (χ1n) is 13.5. The fourth-order valence-corrected chi connectivity index (χ4v) is 5.44. The molecule has 1 aliphatic carbocycles. The number of halogens is 1. The molecule has 2 heterocycles. The third kappa shape index (κ3) is 5.19. The number of likely N-dealkylation sites (N-methyl/N-ethyl adjacent to an activating group) is 1. The van der Waals surface area contributed by atoms with E-state index in [1.165, 1.54) is 12.1 Å². The molecule has 0 unspecified atom stereocenters. The maximum absolute atomic E-state index is 14.6. The molecule has 1 saturated carbocycles. The molecule has 0 N–H and O–H groups in total. The van der Waals surface area contributed by atoms with Crippen LogP contribution in [0.3, 0.4) is 0 Å². The molecule has 0 bridgehead atoms. The summed E-state index contributed by atoms with van der Waals surface area (Å²) in [7, 11) is 2.15. The number of benzene rings is 3. The first-order valence-corrected chi connectivity index (χ1v) is 13.5. The number of para-hydroxylation sites is 1. The van der Waals surface area contributed by atoms with Gasteiger partial charge in [0.05, 0.1) is 16.8 Å². The lowest BCUT2D eigenvalue weighted by atomic mass is 9.94. The monoisotopic (exact) mass is 508 g/mol. The van der Waals surface area contributed by atoms with Gasteiger partial charge in [-0.05, 0) is 43.7 Å². The fourth-order valence-electron chi connectivity index (χ4n) is 5.44. The quantitative estimate of drug-likeness (QED) is 0.326. The van der Waals surface area contributed by atoms with E-state index in [2.05, 4.69) is 29.0 Å². The zero-order valence-electron chi connectivity index (χ0n) is 21.8. The standard InChI is InChI=1S/C32H33FN4O/c1-35-16-18-36(19-17-35)22-28-30(32(38)37(26-14-15-26)21-23-8-7-11-25(33)20-23)27-12-5-6-13-29(27)34-31(28)24-9-3-2-4-10-24/h2-13,20,26H,14-19,21-22H2,1H3. The molecule has 1 amide bonds. The number of carbonyl (C=O) groups is 1. The van der Waals surface area contributed by atoms with Crippen molar-refractivity contribution in [3.8, 4) is 11.3 Å². The number of rotatable bonds is 7. The lowest BCUT2D eigenvalue weighted by molar-refractivity contribution is 0.0728. The second kappa shape index (κ2) is 10.6. The van der Waals surface area contributed by atoms with Gasteiger partial charge in [-0.15, -0.1) is 0 Å². The Morgan fingerprint density at radius 1 is 0.947 bits per heavy atom. The molecule has 4 aromatic rings. The van der Waals surface area contributed by atoms with Crippen molar-refractivity contribution in [3.63, 3.8) is 0 Å². The van der Waals surface area contributed by atoms with E-state index >= 15 is 0 Å². The molecule has 38 heavy (non-hydrogen) atoms. The topological polar surface area (TPSA) is 39.7 Å². The van der Waals surface area contributed by atoms with E-state index in [0.29, 0.717) is 13.1 Å². The van der Waals surface area contributed by atoms with Crippen molar-refractivity contribution >= 4 is 16.8 Å². The minimum atomic E-state index is -0.276. The highest BCUT2D eigenvalue weighted by Gasteiger charge is 2.36. The summed E-state index contributed by atoms with van der Waals surface area (Å²) in [5.74, 6) is -0.265. The van der Waals surface area contributed by atoms with Crippen LogP contribution in [0.25, 0.3) is 22.2 Å². The van der Waals surface area contributed by atoms with Gasteiger partial charge in [-0.25, -0.2) is 9.37 Å². The Kier molecular flexibility index (Phi) is 6.92. The average molecular weight is 509 g/mol. The predicted octanol–water partition coefficient (Wildman–Crippen LogP) is 5.59. The summed E-state index contributed by atoms with van der Waals surface area (Å²) in [6.07, 6.45) is 1.95. The van der Waals surface area contributed by atoms with E-state index in [-0.39, 0.29) is 17.8 Å². The summed E-state index contributed by atoms with van der Waals surface area (Å²) < 4.78 is 14.0. The number of amides is 1. The van der Waals surface area contributed by atoms with Gasteiger partial charge in [0.25, 0.3) is 5.91 Å². The molecule has 2 fully saturated rings. The molecule has 0 atom stereocenters. The van der Waals surface area contributed by atoms with Crippen molar-refractivity contribution in [2.45, 2.75) is 32.0 Å². The predicted molar refractivity (Wildman–Crippen MR) is 149 cm³/mol. The van der Waals surface area contributed by atoms with Crippen molar-refractivity contribution in [3.05, 3.63) is 101 Å². The van der Waals surface area contributed by atoms with Crippen LogP contribution >= 0.6 is 0 Å². The van der Waals surface area contributed by atoms with Crippen LogP contribution in [-0.2, 0) is 13.1 Å². The molecule has 6 heteroatoms. The van der Waals surface area contributed by atoms with Crippen LogP contribution in [0.15, 0.2) is 78.9 Å². The number of carbonyl (C=O) groups excluding carboxylic acids is 1. The molecule has 3 aromatic carbocycles. The highest BCUT2D eigenvalue weighted by atomic mass is 19.1. The van der Waals surface area contributed by atoms with E-state index in [9.17, 15) is 9.18 Å². The van der Waals surface area contributed by atoms with Crippen LogP contribution in [-0.4, -0.2) is 64.9 Å². The van der Waals surface area contributed by atoms with Gasteiger partial charge >= 0.3 is 0 Å². The molecule has 1 saturated heterocycles. The van der Waals surface area contributed by atoms with Gasteiger partial charge in [0.1, 0.15) is 5.82 Å². The third-order valence-electron chi connectivity index (χ3n) is 7.72. The zero-order valence-corrected chi connectivity index (χ0v) is 21.8. The van der Waals surface area contributed by atoms with Gasteiger partial charge in [-0.2, -0.15) is 0 Å². The van der Waals surface area contributed by atoms with E-state index in [1.54, 1.807) is 6.07 Å². The van der Waals surface area contributed by atoms with Crippen LogP contribution < -0.4 is 0 Å². The van der Waals surface area contributed by atoms with Crippen LogP contribution in [0.1, 0.15) is 34.3 Å². The molecule has 6 rings (SSSR count). The summed E-state index contributed by atoms with van der Waals surface area (Å²) in [5, 5.41) is 0.881. The summed E-state index contributed by atoms with van der Waals surface area (Å²) in [6.45, 7) is 4.95. The first kappa shape index (κ1) is 24.7. The Labute approximate surface area is 223 Å². The van der Waals surface area contributed by atoms with Gasteiger partial charge in [-0.3, -0.25) is 9.69 Å². The Bertz CT molecular complexity index is 1440. The van der Waals surface area contributed by atoms with Gasteiger partial charge < -0.3 is 9.80 Å². The Morgan fingerprint density at radius 2 is 1.68 bits per heavy atom. The number of piperazine rings is 1. The SMILES string of the molecule is CN1CCN(Cc2c(-c3ccccc3)nc3ccccc3c2C(=O)N(Cc2cccc(F)c2)C2CC2)CC1. The average Bonchev–Trinajstić information content (AvgIpc) is 3.78. The molecule has 5 nitrogen and oxygen atoms in total. The van der Waals surface area contributed by atoms with E-state index in [1.807, 2.05) is 53.4 Å². The largest absolute Gasteiger partial charge is 0.331 e. The van der Waals surface area contributed by atoms with Crippen LogP contribution in [0.4, 0.5) is 4.39 Å². The number of fused-ring (bicyclic) bond motifs is 1. The number of aromatic nitrogens is 1. The summed E-state index contributed by atoms with van der Waals surface area (Å²) >= 11 is 0. The molecule has 194 valence electrons. The van der Waals surface area contributed by atoms with E-state index in [0.717, 1.165) is 77.9 Å². The normalized spacial score (nSPS) is 16.6. The minimum absolute atomic E-state index is 0.0108. The second-order valence-electron chi connectivity index (χ2n) is 10.6. The van der Waals surface area contributed by atoms with E-state index < -0.39 is 0 Å². The second-order valence-corrected chi connectivity index (χ2v) is 10.6. The van der Waals surface area contributed by atoms with Crippen molar-refractivity contribution in [1.82, 2.24) is 19.7 Å². The number of hydrogen-bond acceptors (Lipinski definition) is 4. The van der Waals surface area contributed by atoms with Gasteiger partial charge in [-0.1, -0.05) is 60.7 Å². The molecular formula is C32H33FN4O. The third-order valence-corrected chi connectivity index (χ3v) is 7.72. The van der Waals surface area contributed by atoms with Gasteiger partial charge in [0.15, 0.2) is 0 Å². The van der Waals surface area contributed by atoms with Gasteiger partial charge in [0, 0.05) is 61.8 Å². The lowest BCUT2D eigenvalue weighted by Crippen LogP contribution is -2.44. The summed E-state index contributed by atoms with van der Waals surface area (Å²) in [5.41, 5.74) is 5.23.